The van der Waals surface area contributed by atoms with E-state index in [2.05, 4.69) is 10.3 Å². The molecule has 0 saturated carbocycles. The second kappa shape index (κ2) is 8.89. The van der Waals surface area contributed by atoms with Gasteiger partial charge in [-0.3, -0.25) is 4.79 Å². The predicted molar refractivity (Wildman–Crippen MR) is 111 cm³/mol. The average molecular weight is 397 g/mol. The first-order valence-corrected chi connectivity index (χ1v) is 9.98. The van der Waals surface area contributed by atoms with Crippen LogP contribution in [0.15, 0.2) is 46.2 Å². The molecule has 146 valence electrons. The summed E-state index contributed by atoms with van der Waals surface area (Å²) in [4.78, 5) is 16.7. The van der Waals surface area contributed by atoms with E-state index < -0.39 is 0 Å². The first kappa shape index (κ1) is 19.9. The molecule has 28 heavy (non-hydrogen) atoms. The van der Waals surface area contributed by atoms with Gasteiger partial charge in [0.25, 0.3) is 0 Å². The number of para-hydroxylation sites is 1. The highest BCUT2D eigenvalue weighted by Crippen LogP contribution is 2.23. The van der Waals surface area contributed by atoms with Crippen LogP contribution in [0.25, 0.3) is 6.08 Å². The van der Waals surface area contributed by atoms with Gasteiger partial charge >= 0.3 is 0 Å². The van der Waals surface area contributed by atoms with Crippen LogP contribution in [0.1, 0.15) is 46.3 Å². The van der Waals surface area contributed by atoms with Crippen LogP contribution in [-0.2, 0) is 11.4 Å². The number of amides is 1. The van der Waals surface area contributed by atoms with Gasteiger partial charge in [0.1, 0.15) is 23.9 Å². The smallest absolute Gasteiger partial charge is 0.244 e. The standard InChI is InChI=1S/C22H24N2O3S/c1-14-11-20(16(3)27-14)15(2)23-22(25)10-9-18-7-5-6-8-21(18)26-12-19-13-28-17(4)24-19/h5-11,13,15H,12H2,1-4H3,(H,23,25)/b10-9+. The van der Waals surface area contributed by atoms with E-state index in [0.29, 0.717) is 12.4 Å². The van der Waals surface area contributed by atoms with Gasteiger partial charge in [-0.15, -0.1) is 11.3 Å². The SMILES string of the molecule is Cc1cc(C(C)NC(=O)/C=C/c2ccccc2OCc2csc(C)n2)c(C)o1. The monoisotopic (exact) mass is 396 g/mol. The third kappa shape index (κ3) is 5.10. The molecule has 0 bridgehead atoms. The van der Waals surface area contributed by atoms with Gasteiger partial charge in [0.05, 0.1) is 16.7 Å². The van der Waals surface area contributed by atoms with E-state index in [1.165, 1.54) is 6.08 Å². The summed E-state index contributed by atoms with van der Waals surface area (Å²) < 4.78 is 11.4. The Morgan fingerprint density at radius 2 is 2.11 bits per heavy atom. The molecule has 0 radical (unpaired) electrons. The summed E-state index contributed by atoms with van der Waals surface area (Å²) in [5, 5.41) is 5.97. The van der Waals surface area contributed by atoms with Gasteiger partial charge in [0.15, 0.2) is 0 Å². The molecular weight excluding hydrogens is 372 g/mol. The predicted octanol–water partition coefficient (Wildman–Crippen LogP) is 5.13. The number of carbonyl (C=O) groups excluding carboxylic acids is 1. The number of aromatic nitrogens is 1. The Hall–Kier alpha value is -2.86. The van der Waals surface area contributed by atoms with Gasteiger partial charge in [0, 0.05) is 22.6 Å². The molecule has 0 aliphatic rings. The fraction of sp³-hybridized carbons (Fsp3) is 0.273. The third-order valence-corrected chi connectivity index (χ3v) is 5.10. The summed E-state index contributed by atoms with van der Waals surface area (Å²) in [5.74, 6) is 2.21. The van der Waals surface area contributed by atoms with Crippen molar-refractivity contribution in [2.45, 2.75) is 40.3 Å². The van der Waals surface area contributed by atoms with Crippen molar-refractivity contribution in [1.82, 2.24) is 10.3 Å². The van der Waals surface area contributed by atoms with Gasteiger partial charge in [0.2, 0.25) is 5.91 Å². The van der Waals surface area contributed by atoms with Crippen molar-refractivity contribution in [3.63, 3.8) is 0 Å². The van der Waals surface area contributed by atoms with E-state index in [9.17, 15) is 4.79 Å². The normalized spacial score (nSPS) is 12.3. The number of nitrogens with one attached hydrogen (secondary N) is 1. The number of furan rings is 1. The second-order valence-corrected chi connectivity index (χ2v) is 7.68. The van der Waals surface area contributed by atoms with Crippen LogP contribution in [0.4, 0.5) is 0 Å². The molecule has 6 heteroatoms. The van der Waals surface area contributed by atoms with E-state index in [1.807, 2.05) is 63.4 Å². The zero-order chi connectivity index (χ0) is 20.1. The summed E-state index contributed by atoms with van der Waals surface area (Å²) in [7, 11) is 0. The van der Waals surface area contributed by atoms with Crippen molar-refractivity contribution in [2.75, 3.05) is 0 Å². The summed E-state index contributed by atoms with van der Waals surface area (Å²) in [6.07, 6.45) is 3.28. The minimum absolute atomic E-state index is 0.131. The number of carbonyl (C=O) groups is 1. The molecule has 3 rings (SSSR count). The van der Waals surface area contributed by atoms with Crippen LogP contribution in [-0.4, -0.2) is 10.9 Å². The van der Waals surface area contributed by atoms with Crippen LogP contribution in [0.3, 0.4) is 0 Å². The first-order chi connectivity index (χ1) is 13.4. The van der Waals surface area contributed by atoms with Crippen molar-refractivity contribution in [2.24, 2.45) is 0 Å². The molecule has 0 fully saturated rings. The molecule has 0 aliphatic carbocycles. The van der Waals surface area contributed by atoms with Gasteiger partial charge in [-0.25, -0.2) is 4.98 Å². The van der Waals surface area contributed by atoms with Gasteiger partial charge in [-0.1, -0.05) is 18.2 Å². The minimum atomic E-state index is -0.171. The molecule has 2 aromatic heterocycles. The molecule has 2 heterocycles. The number of hydrogen-bond acceptors (Lipinski definition) is 5. The fourth-order valence-corrected chi connectivity index (χ4v) is 3.56. The van der Waals surface area contributed by atoms with E-state index in [-0.39, 0.29) is 11.9 Å². The largest absolute Gasteiger partial charge is 0.487 e. The molecule has 0 aliphatic heterocycles. The maximum atomic E-state index is 12.3. The summed E-state index contributed by atoms with van der Waals surface area (Å²) >= 11 is 1.60. The van der Waals surface area contributed by atoms with Crippen molar-refractivity contribution < 1.29 is 13.9 Å². The number of hydrogen-bond donors (Lipinski definition) is 1. The summed E-state index contributed by atoms with van der Waals surface area (Å²) in [5.41, 5.74) is 2.73. The maximum Gasteiger partial charge on any atom is 0.244 e. The number of ether oxygens (including phenoxy) is 1. The van der Waals surface area contributed by atoms with Crippen molar-refractivity contribution >= 4 is 23.3 Å². The minimum Gasteiger partial charge on any atom is -0.487 e. The number of benzene rings is 1. The van der Waals surface area contributed by atoms with Gasteiger partial charge < -0.3 is 14.5 Å². The molecule has 3 aromatic rings. The number of aryl methyl sites for hydroxylation is 3. The topological polar surface area (TPSA) is 64.4 Å². The van der Waals surface area contributed by atoms with Crippen molar-refractivity contribution in [3.8, 4) is 5.75 Å². The van der Waals surface area contributed by atoms with E-state index in [1.54, 1.807) is 17.4 Å². The van der Waals surface area contributed by atoms with Gasteiger partial charge in [-0.05, 0) is 45.9 Å². The van der Waals surface area contributed by atoms with Crippen molar-refractivity contribution in [1.29, 1.82) is 0 Å². The first-order valence-electron chi connectivity index (χ1n) is 9.10. The molecular formula is C22H24N2O3S. The molecule has 1 atom stereocenters. The molecule has 1 aromatic carbocycles. The lowest BCUT2D eigenvalue weighted by Crippen LogP contribution is -2.24. The summed E-state index contributed by atoms with van der Waals surface area (Å²) in [6, 6.07) is 9.44. The second-order valence-electron chi connectivity index (χ2n) is 6.62. The number of rotatable bonds is 7. The average Bonchev–Trinajstić information content (AvgIpc) is 3.23. The van der Waals surface area contributed by atoms with Crippen LogP contribution in [0, 0.1) is 20.8 Å². The van der Waals surface area contributed by atoms with Crippen LogP contribution in [0.2, 0.25) is 0 Å². The number of nitrogens with zero attached hydrogens (tertiary/aromatic N) is 1. The lowest BCUT2D eigenvalue weighted by atomic mass is 10.1. The van der Waals surface area contributed by atoms with Crippen LogP contribution < -0.4 is 10.1 Å². The lowest BCUT2D eigenvalue weighted by Gasteiger charge is -2.11. The third-order valence-electron chi connectivity index (χ3n) is 4.28. The molecule has 1 amide bonds. The van der Waals surface area contributed by atoms with E-state index in [4.69, 9.17) is 9.15 Å². The zero-order valence-corrected chi connectivity index (χ0v) is 17.3. The van der Waals surface area contributed by atoms with E-state index >= 15 is 0 Å². The molecule has 1 unspecified atom stereocenters. The fourth-order valence-electron chi connectivity index (χ4n) is 2.96. The molecule has 0 saturated heterocycles. The Labute approximate surface area is 169 Å². The zero-order valence-electron chi connectivity index (χ0n) is 16.5. The van der Waals surface area contributed by atoms with Crippen LogP contribution >= 0.6 is 11.3 Å². The Morgan fingerprint density at radius 3 is 2.79 bits per heavy atom. The van der Waals surface area contributed by atoms with Crippen molar-refractivity contribution in [3.05, 3.63) is 75.1 Å². The van der Waals surface area contributed by atoms with Crippen LogP contribution in [0.5, 0.6) is 5.75 Å². The highest BCUT2D eigenvalue weighted by atomic mass is 32.1. The lowest BCUT2D eigenvalue weighted by molar-refractivity contribution is -0.117. The Balaban J connectivity index is 1.63. The Bertz CT molecular complexity index is 987. The molecule has 5 nitrogen and oxygen atoms in total. The highest BCUT2D eigenvalue weighted by Gasteiger charge is 2.14. The van der Waals surface area contributed by atoms with Gasteiger partial charge in [-0.2, -0.15) is 0 Å². The highest BCUT2D eigenvalue weighted by molar-refractivity contribution is 7.09. The number of thiazole rings is 1. The summed E-state index contributed by atoms with van der Waals surface area (Å²) in [6.45, 7) is 8.11. The maximum absolute atomic E-state index is 12.3. The molecule has 0 spiro atoms. The Kier molecular flexibility index (Phi) is 6.31. The molecule has 1 N–H and O–H groups in total. The Morgan fingerprint density at radius 1 is 1.32 bits per heavy atom. The quantitative estimate of drug-likeness (QED) is 0.562. The van der Waals surface area contributed by atoms with E-state index in [0.717, 1.165) is 33.3 Å².